The van der Waals surface area contributed by atoms with Gasteiger partial charge in [0.15, 0.2) is 0 Å². The molecule has 0 aliphatic rings. The van der Waals surface area contributed by atoms with Crippen LogP contribution in [0.15, 0.2) is 48.5 Å². The molecule has 0 radical (unpaired) electrons. The largest absolute Gasteiger partial charge is 0.478 e. The van der Waals surface area contributed by atoms with Gasteiger partial charge in [-0.25, -0.2) is 4.79 Å². The Bertz CT molecular complexity index is 859. The maximum absolute atomic E-state index is 12.3. The Kier molecular flexibility index (Phi) is 6.27. The molecular formula is C19H18N2O6. The number of hydrogen-bond acceptors (Lipinski definition) is 5. The van der Waals surface area contributed by atoms with E-state index < -0.39 is 29.8 Å². The zero-order valence-corrected chi connectivity index (χ0v) is 14.5. The Morgan fingerprint density at radius 1 is 1.00 bits per heavy atom. The number of aromatic carboxylic acids is 1. The Balaban J connectivity index is 2.06. The maximum atomic E-state index is 12.3. The summed E-state index contributed by atoms with van der Waals surface area (Å²) in [5, 5.41) is 11.4. The Hall–Kier alpha value is -3.68. The van der Waals surface area contributed by atoms with Crippen LogP contribution in [0, 0.1) is 0 Å². The second kappa shape index (κ2) is 8.61. The number of ether oxygens (including phenoxy) is 1. The minimum atomic E-state index is -1.06. The number of hydrogen-bond donors (Lipinski definition) is 3. The van der Waals surface area contributed by atoms with E-state index in [9.17, 15) is 19.2 Å². The molecule has 2 aromatic carbocycles. The van der Waals surface area contributed by atoms with E-state index in [2.05, 4.69) is 5.32 Å². The van der Waals surface area contributed by atoms with Crippen LogP contribution in [-0.2, 0) is 16.0 Å². The highest BCUT2D eigenvalue weighted by Gasteiger charge is 2.20. The molecule has 0 aliphatic carbocycles. The first-order valence-corrected chi connectivity index (χ1v) is 7.97. The van der Waals surface area contributed by atoms with Crippen molar-refractivity contribution in [2.45, 2.75) is 19.4 Å². The number of nitrogens with one attached hydrogen (secondary N) is 1. The van der Waals surface area contributed by atoms with Crippen LogP contribution in [0.2, 0.25) is 0 Å². The van der Waals surface area contributed by atoms with Gasteiger partial charge in [-0.1, -0.05) is 12.1 Å². The molecule has 0 heterocycles. The predicted molar refractivity (Wildman–Crippen MR) is 95.3 cm³/mol. The van der Waals surface area contributed by atoms with Crippen LogP contribution in [0.4, 0.5) is 0 Å². The average molecular weight is 370 g/mol. The van der Waals surface area contributed by atoms with Crippen molar-refractivity contribution in [2.75, 3.05) is 0 Å². The molecule has 0 aromatic heterocycles. The van der Waals surface area contributed by atoms with Crippen LogP contribution in [0.1, 0.15) is 33.2 Å². The molecule has 8 heteroatoms. The summed E-state index contributed by atoms with van der Waals surface area (Å²) in [6, 6.07) is 10.8. The number of carbonyl (C=O) groups excluding carboxylic acids is 3. The smallest absolute Gasteiger partial charge is 0.335 e. The minimum absolute atomic E-state index is 0.117. The summed E-state index contributed by atoms with van der Waals surface area (Å²) < 4.78 is 4.89. The minimum Gasteiger partial charge on any atom is -0.478 e. The molecule has 0 saturated heterocycles. The first-order chi connectivity index (χ1) is 12.8. The zero-order valence-electron chi connectivity index (χ0n) is 14.5. The van der Waals surface area contributed by atoms with E-state index >= 15 is 0 Å². The fourth-order valence-corrected chi connectivity index (χ4v) is 2.32. The highest BCUT2D eigenvalue weighted by molar-refractivity contribution is 5.97. The van der Waals surface area contributed by atoms with Crippen LogP contribution in [0.25, 0.3) is 0 Å². The first kappa shape index (κ1) is 19.6. The Morgan fingerprint density at radius 2 is 1.56 bits per heavy atom. The number of amides is 2. The molecular weight excluding hydrogens is 352 g/mol. The van der Waals surface area contributed by atoms with E-state index in [1.807, 2.05) is 0 Å². The van der Waals surface area contributed by atoms with Crippen molar-refractivity contribution < 1.29 is 29.0 Å². The van der Waals surface area contributed by atoms with Gasteiger partial charge < -0.3 is 20.9 Å². The number of nitrogens with two attached hydrogens (primary N) is 1. The molecule has 4 N–H and O–H groups in total. The molecule has 0 bridgehead atoms. The molecule has 8 nitrogen and oxygen atoms in total. The second-order valence-corrected chi connectivity index (χ2v) is 5.75. The Labute approximate surface area is 154 Å². The predicted octanol–water partition coefficient (Wildman–Crippen LogP) is 1.14. The molecule has 27 heavy (non-hydrogen) atoms. The summed E-state index contributed by atoms with van der Waals surface area (Å²) in [5.41, 5.74) is 6.39. The molecule has 2 aromatic rings. The number of benzene rings is 2. The lowest BCUT2D eigenvalue weighted by molar-refractivity contribution is -0.131. The molecule has 0 spiro atoms. The standard InChI is InChI=1S/C19H18N2O6/c1-11(22)27-15-8-6-13(7-9-15)18(24)21-16(17(20)23)10-12-2-4-14(5-3-12)19(25)26/h2-9,16H,10H2,1H3,(H2,20,23)(H,21,24)(H,25,26)/t16-/m1/s1. The fourth-order valence-electron chi connectivity index (χ4n) is 2.32. The van der Waals surface area contributed by atoms with Crippen LogP contribution < -0.4 is 15.8 Å². The number of carboxylic acid groups (broad SMARTS) is 1. The third-order valence-electron chi connectivity index (χ3n) is 3.67. The van der Waals surface area contributed by atoms with E-state index in [0.717, 1.165) is 0 Å². The topological polar surface area (TPSA) is 136 Å². The van der Waals surface area contributed by atoms with Gasteiger partial charge in [-0.3, -0.25) is 14.4 Å². The van der Waals surface area contributed by atoms with Crippen molar-refractivity contribution in [1.82, 2.24) is 5.32 Å². The lowest BCUT2D eigenvalue weighted by Crippen LogP contribution is -2.45. The SMILES string of the molecule is CC(=O)Oc1ccc(C(=O)N[C@H](Cc2ccc(C(=O)O)cc2)C(N)=O)cc1. The third kappa shape index (κ3) is 5.67. The summed E-state index contributed by atoms with van der Waals surface area (Å²) in [6.45, 7) is 1.26. The van der Waals surface area contributed by atoms with Gasteiger partial charge in [0.25, 0.3) is 5.91 Å². The van der Waals surface area contributed by atoms with Crippen molar-refractivity contribution in [2.24, 2.45) is 5.73 Å². The second-order valence-electron chi connectivity index (χ2n) is 5.75. The van der Waals surface area contributed by atoms with Gasteiger partial charge in [-0.2, -0.15) is 0 Å². The molecule has 2 rings (SSSR count). The van der Waals surface area contributed by atoms with Crippen LogP contribution in [0.5, 0.6) is 5.75 Å². The first-order valence-electron chi connectivity index (χ1n) is 7.97. The fraction of sp³-hybridized carbons (Fsp3) is 0.158. The van der Waals surface area contributed by atoms with Gasteiger partial charge in [0, 0.05) is 18.9 Å². The molecule has 140 valence electrons. The molecule has 0 aliphatic heterocycles. The highest BCUT2D eigenvalue weighted by atomic mass is 16.5. The van der Waals surface area contributed by atoms with E-state index in [1.165, 1.54) is 43.3 Å². The van der Waals surface area contributed by atoms with Crippen LogP contribution in [0.3, 0.4) is 0 Å². The van der Waals surface area contributed by atoms with E-state index in [4.69, 9.17) is 15.6 Å². The summed E-state index contributed by atoms with van der Waals surface area (Å²) >= 11 is 0. The van der Waals surface area contributed by atoms with Gasteiger partial charge in [-0.15, -0.1) is 0 Å². The highest BCUT2D eigenvalue weighted by Crippen LogP contribution is 2.13. The number of carbonyl (C=O) groups is 4. The number of rotatable bonds is 7. The van der Waals surface area contributed by atoms with E-state index in [1.54, 1.807) is 12.1 Å². The molecule has 2 amide bonds. The van der Waals surface area contributed by atoms with Crippen molar-refractivity contribution >= 4 is 23.8 Å². The molecule has 0 fully saturated rings. The summed E-state index contributed by atoms with van der Waals surface area (Å²) in [5.74, 6) is -2.48. The summed E-state index contributed by atoms with van der Waals surface area (Å²) in [6.07, 6.45) is 0.118. The van der Waals surface area contributed by atoms with Crippen molar-refractivity contribution in [3.63, 3.8) is 0 Å². The van der Waals surface area contributed by atoms with E-state index in [0.29, 0.717) is 11.3 Å². The lowest BCUT2D eigenvalue weighted by atomic mass is 10.0. The average Bonchev–Trinajstić information content (AvgIpc) is 2.61. The van der Waals surface area contributed by atoms with Crippen LogP contribution >= 0.6 is 0 Å². The number of carboxylic acids is 1. The summed E-state index contributed by atoms with van der Waals surface area (Å²) in [7, 11) is 0. The Morgan fingerprint density at radius 3 is 2.04 bits per heavy atom. The number of primary amides is 1. The van der Waals surface area contributed by atoms with Crippen molar-refractivity contribution in [3.8, 4) is 5.75 Å². The van der Waals surface area contributed by atoms with Gasteiger partial charge in [0.05, 0.1) is 5.56 Å². The lowest BCUT2D eigenvalue weighted by Gasteiger charge is -2.16. The van der Waals surface area contributed by atoms with Gasteiger partial charge in [0.2, 0.25) is 5.91 Å². The monoisotopic (exact) mass is 370 g/mol. The van der Waals surface area contributed by atoms with E-state index in [-0.39, 0.29) is 17.5 Å². The van der Waals surface area contributed by atoms with Gasteiger partial charge in [-0.05, 0) is 42.0 Å². The quantitative estimate of drug-likeness (QED) is 0.494. The van der Waals surface area contributed by atoms with Crippen molar-refractivity contribution in [1.29, 1.82) is 0 Å². The molecule has 0 unspecified atom stereocenters. The summed E-state index contributed by atoms with van der Waals surface area (Å²) in [4.78, 5) is 45.8. The molecule has 0 saturated carbocycles. The third-order valence-corrected chi connectivity index (χ3v) is 3.67. The van der Waals surface area contributed by atoms with Crippen molar-refractivity contribution in [3.05, 3.63) is 65.2 Å². The number of esters is 1. The van der Waals surface area contributed by atoms with Gasteiger partial charge in [0.1, 0.15) is 11.8 Å². The normalized spacial score (nSPS) is 11.3. The molecule has 1 atom stereocenters. The maximum Gasteiger partial charge on any atom is 0.335 e. The zero-order chi connectivity index (χ0) is 20.0. The van der Waals surface area contributed by atoms with Gasteiger partial charge >= 0.3 is 11.9 Å². The van der Waals surface area contributed by atoms with Crippen LogP contribution in [-0.4, -0.2) is 34.9 Å².